The molecule has 0 saturated heterocycles. The Morgan fingerprint density at radius 2 is 0.875 bits per heavy atom. The molecule has 0 fully saturated rings. The maximum Gasteiger partial charge on any atom is 0.164 e. The summed E-state index contributed by atoms with van der Waals surface area (Å²) in [5.74, 6) is 1.91. The van der Waals surface area contributed by atoms with Gasteiger partial charge in [0.15, 0.2) is 17.5 Å². The normalized spacial score (nSPS) is 11.6. The van der Waals surface area contributed by atoms with E-state index in [2.05, 4.69) is 193 Å². The van der Waals surface area contributed by atoms with E-state index in [4.69, 9.17) is 15.0 Å². The fourth-order valence-corrected chi connectivity index (χ4v) is 9.18. The highest BCUT2D eigenvalue weighted by Gasteiger charge is 2.18. The SMILES string of the molecule is c1ccc(-c2cccc(-c3nc(-c4cccc(-c5cccc6c5c5ccccc5n6-c5ccccc5)c4)nc(-c4ccc5c(c4)sc4ccccc45)n3)c2)cc1. The molecule has 4 nitrogen and oxygen atoms in total. The molecule has 262 valence electrons. The third-order valence-electron chi connectivity index (χ3n) is 10.6. The number of hydrogen-bond donors (Lipinski definition) is 0. The maximum atomic E-state index is 5.21. The van der Waals surface area contributed by atoms with E-state index < -0.39 is 0 Å². The molecule has 0 aliphatic carbocycles. The minimum absolute atomic E-state index is 0.632. The molecule has 0 N–H and O–H groups in total. The van der Waals surface area contributed by atoms with Crippen molar-refractivity contribution in [3.63, 3.8) is 0 Å². The number of hydrogen-bond acceptors (Lipinski definition) is 4. The van der Waals surface area contributed by atoms with Crippen molar-refractivity contribution in [1.82, 2.24) is 19.5 Å². The van der Waals surface area contributed by atoms with E-state index in [0.717, 1.165) is 44.6 Å². The second kappa shape index (κ2) is 13.3. The van der Waals surface area contributed by atoms with Crippen LogP contribution in [0.2, 0.25) is 0 Å². The molecular formula is C51H32N4S. The molecule has 0 unspecified atom stereocenters. The highest BCUT2D eigenvalue weighted by Crippen LogP contribution is 2.40. The van der Waals surface area contributed by atoms with Crippen LogP contribution in [0.15, 0.2) is 194 Å². The van der Waals surface area contributed by atoms with Crippen LogP contribution in [0.25, 0.3) is 104 Å². The molecule has 0 aliphatic heterocycles. The Morgan fingerprint density at radius 1 is 0.339 bits per heavy atom. The van der Waals surface area contributed by atoms with Gasteiger partial charge in [0.05, 0.1) is 11.0 Å². The summed E-state index contributed by atoms with van der Waals surface area (Å²) in [5.41, 5.74) is 10.8. The molecule has 3 aromatic heterocycles. The lowest BCUT2D eigenvalue weighted by Gasteiger charge is -2.11. The third-order valence-corrected chi connectivity index (χ3v) is 11.8. The summed E-state index contributed by atoms with van der Waals surface area (Å²) in [5, 5.41) is 4.95. The largest absolute Gasteiger partial charge is 0.309 e. The van der Waals surface area contributed by atoms with Crippen molar-refractivity contribution in [2.24, 2.45) is 0 Å². The van der Waals surface area contributed by atoms with Gasteiger partial charge >= 0.3 is 0 Å². The number of rotatable bonds is 6. The standard InChI is InChI=1S/C51H32N4S/c1-3-14-33(15-4-1)34-16-11-18-36(30-34)49-52-50(54-51(53-49)38-28-29-42-41-22-8-10-27-46(41)56-47(42)32-38)37-19-12-17-35(31-37)40-24-13-26-45-48(40)43-23-7-9-25-44(43)55(45)39-20-5-2-6-21-39/h1-32H. The lowest BCUT2D eigenvalue weighted by Crippen LogP contribution is -2.00. The first-order valence-electron chi connectivity index (χ1n) is 18.8. The van der Waals surface area contributed by atoms with Crippen molar-refractivity contribution in [2.75, 3.05) is 0 Å². The van der Waals surface area contributed by atoms with Gasteiger partial charge in [0.25, 0.3) is 0 Å². The Balaban J connectivity index is 1.09. The quantitative estimate of drug-likeness (QED) is 0.171. The zero-order chi connectivity index (χ0) is 37.0. The molecule has 56 heavy (non-hydrogen) atoms. The van der Waals surface area contributed by atoms with Gasteiger partial charge in [0.1, 0.15) is 0 Å². The second-order valence-corrected chi connectivity index (χ2v) is 15.1. The van der Waals surface area contributed by atoms with Crippen LogP contribution in [0.3, 0.4) is 0 Å². The average molecular weight is 733 g/mol. The van der Waals surface area contributed by atoms with E-state index in [1.165, 1.54) is 42.0 Å². The van der Waals surface area contributed by atoms with E-state index in [-0.39, 0.29) is 0 Å². The number of benzene rings is 8. The van der Waals surface area contributed by atoms with Crippen LogP contribution in [0.5, 0.6) is 0 Å². The summed E-state index contributed by atoms with van der Waals surface area (Å²) in [7, 11) is 0. The van der Waals surface area contributed by atoms with Gasteiger partial charge in [-0.15, -0.1) is 11.3 Å². The van der Waals surface area contributed by atoms with Gasteiger partial charge in [-0.05, 0) is 70.8 Å². The van der Waals surface area contributed by atoms with Crippen LogP contribution in [0.1, 0.15) is 0 Å². The van der Waals surface area contributed by atoms with E-state index in [9.17, 15) is 0 Å². The molecule has 0 radical (unpaired) electrons. The van der Waals surface area contributed by atoms with Crippen molar-refractivity contribution in [3.8, 4) is 62.1 Å². The molecule has 0 amide bonds. The van der Waals surface area contributed by atoms with Crippen LogP contribution in [-0.4, -0.2) is 19.5 Å². The minimum Gasteiger partial charge on any atom is -0.309 e. The summed E-state index contributed by atoms with van der Waals surface area (Å²) in [6, 6.07) is 68.6. The van der Waals surface area contributed by atoms with E-state index in [1.54, 1.807) is 11.3 Å². The molecule has 0 bridgehead atoms. The van der Waals surface area contributed by atoms with Gasteiger partial charge in [0.2, 0.25) is 0 Å². The van der Waals surface area contributed by atoms with Crippen molar-refractivity contribution >= 4 is 53.3 Å². The number of fused-ring (bicyclic) bond motifs is 6. The molecule has 0 aliphatic rings. The molecule has 0 atom stereocenters. The van der Waals surface area contributed by atoms with E-state index in [0.29, 0.717) is 17.5 Å². The van der Waals surface area contributed by atoms with Crippen LogP contribution in [0, 0.1) is 0 Å². The highest BCUT2D eigenvalue weighted by atomic mass is 32.1. The molecular weight excluding hydrogens is 701 g/mol. The van der Waals surface area contributed by atoms with Crippen molar-refractivity contribution in [3.05, 3.63) is 194 Å². The fourth-order valence-electron chi connectivity index (χ4n) is 8.04. The first kappa shape index (κ1) is 32.2. The number of thiophene rings is 1. The monoisotopic (exact) mass is 732 g/mol. The second-order valence-electron chi connectivity index (χ2n) is 14.0. The van der Waals surface area contributed by atoms with Crippen LogP contribution < -0.4 is 0 Å². The molecule has 11 rings (SSSR count). The molecule has 8 aromatic carbocycles. The molecule has 3 heterocycles. The predicted molar refractivity (Wildman–Crippen MR) is 234 cm³/mol. The number of aromatic nitrogens is 4. The van der Waals surface area contributed by atoms with Crippen molar-refractivity contribution in [1.29, 1.82) is 0 Å². The van der Waals surface area contributed by atoms with Crippen LogP contribution in [-0.2, 0) is 0 Å². The Hall–Kier alpha value is -7.21. The van der Waals surface area contributed by atoms with Gasteiger partial charge < -0.3 is 4.57 Å². The molecule has 5 heteroatoms. The van der Waals surface area contributed by atoms with Crippen LogP contribution >= 0.6 is 11.3 Å². The lowest BCUT2D eigenvalue weighted by molar-refractivity contribution is 1.07. The lowest BCUT2D eigenvalue weighted by atomic mass is 9.97. The van der Waals surface area contributed by atoms with Gasteiger partial charge in [-0.1, -0.05) is 146 Å². The predicted octanol–water partition coefficient (Wildman–Crippen LogP) is 13.7. The van der Waals surface area contributed by atoms with Gasteiger partial charge in [-0.2, -0.15) is 0 Å². The van der Waals surface area contributed by atoms with Gasteiger partial charge in [-0.25, -0.2) is 15.0 Å². The average Bonchev–Trinajstić information content (AvgIpc) is 3.82. The van der Waals surface area contributed by atoms with Gasteiger partial charge in [0, 0.05) is 53.3 Å². The zero-order valence-electron chi connectivity index (χ0n) is 30.2. The Labute approximate surface area is 327 Å². The minimum atomic E-state index is 0.632. The third kappa shape index (κ3) is 5.48. The van der Waals surface area contributed by atoms with E-state index in [1.807, 2.05) is 6.07 Å². The Morgan fingerprint density at radius 3 is 1.64 bits per heavy atom. The Bertz CT molecular complexity index is 3250. The summed E-state index contributed by atoms with van der Waals surface area (Å²) in [4.78, 5) is 15.6. The topological polar surface area (TPSA) is 43.6 Å². The van der Waals surface area contributed by atoms with E-state index >= 15 is 0 Å². The highest BCUT2D eigenvalue weighted by molar-refractivity contribution is 7.25. The molecule has 0 saturated carbocycles. The molecule has 11 aromatic rings. The summed E-state index contributed by atoms with van der Waals surface area (Å²) in [6.07, 6.45) is 0. The fraction of sp³-hybridized carbons (Fsp3) is 0. The number of para-hydroxylation sites is 2. The van der Waals surface area contributed by atoms with Crippen LogP contribution in [0.4, 0.5) is 0 Å². The summed E-state index contributed by atoms with van der Waals surface area (Å²) < 4.78 is 4.84. The maximum absolute atomic E-state index is 5.21. The first-order chi connectivity index (χ1) is 27.7. The van der Waals surface area contributed by atoms with Crippen molar-refractivity contribution in [2.45, 2.75) is 0 Å². The summed E-state index contributed by atoms with van der Waals surface area (Å²) in [6.45, 7) is 0. The number of nitrogens with zero attached hydrogens (tertiary/aromatic N) is 4. The van der Waals surface area contributed by atoms with Crippen molar-refractivity contribution < 1.29 is 0 Å². The molecule has 0 spiro atoms. The van der Waals surface area contributed by atoms with Gasteiger partial charge in [-0.3, -0.25) is 0 Å². The zero-order valence-corrected chi connectivity index (χ0v) is 31.0. The first-order valence-corrected chi connectivity index (χ1v) is 19.6. The summed E-state index contributed by atoms with van der Waals surface area (Å²) >= 11 is 1.80. The Kier molecular flexibility index (Phi) is 7.64. The smallest absolute Gasteiger partial charge is 0.164 e.